The third-order valence-electron chi connectivity index (χ3n) is 1.64. The lowest BCUT2D eigenvalue weighted by Gasteiger charge is -2.02. The Morgan fingerprint density at radius 1 is 1.25 bits per heavy atom. The van der Waals surface area contributed by atoms with Crippen LogP contribution in [0, 0.1) is 0 Å². The molecule has 1 heterocycles. The molecule has 7 heteroatoms. The van der Waals surface area contributed by atoms with Crippen molar-refractivity contribution < 1.29 is 4.74 Å². The Bertz CT molecular complexity index is 573. The molecule has 0 bridgehead atoms. The van der Waals surface area contributed by atoms with Gasteiger partial charge in [-0.15, -0.1) is 4.37 Å². The van der Waals surface area contributed by atoms with E-state index in [1.54, 1.807) is 24.3 Å². The van der Waals surface area contributed by atoms with Crippen LogP contribution < -0.4 is 10.2 Å². The summed E-state index contributed by atoms with van der Waals surface area (Å²) < 4.78 is 12.6. The highest BCUT2D eigenvalue weighted by Gasteiger charge is 2.09. The van der Waals surface area contributed by atoms with Crippen molar-refractivity contribution in [2.24, 2.45) is 0 Å². The van der Waals surface area contributed by atoms with Crippen LogP contribution in [0.1, 0.15) is 0 Å². The van der Waals surface area contributed by atoms with Gasteiger partial charge in [0.15, 0.2) is 5.15 Å². The Balaban J connectivity index is 2.34. The van der Waals surface area contributed by atoms with Crippen LogP contribution in [-0.4, -0.2) is 8.75 Å². The monoisotopic (exact) mass is 274 g/mol. The first-order valence-corrected chi connectivity index (χ1v) is 5.61. The molecule has 0 aliphatic carbocycles. The molecule has 0 radical (unpaired) electrons. The Labute approximate surface area is 105 Å². The predicted octanol–water partition coefficient (Wildman–Crippen LogP) is 3.00. The fourth-order valence-electron chi connectivity index (χ4n) is 0.972. The number of hydrogen-bond acceptors (Lipinski definition) is 5. The van der Waals surface area contributed by atoms with E-state index in [-0.39, 0.29) is 11.0 Å². The Morgan fingerprint density at radius 3 is 2.81 bits per heavy atom. The summed E-state index contributed by atoms with van der Waals surface area (Å²) in [6, 6.07) is 6.63. The third-order valence-corrected chi connectivity index (χ3v) is 2.74. The number of rotatable bonds is 2. The van der Waals surface area contributed by atoms with Gasteiger partial charge in [0.2, 0.25) is 0 Å². The zero-order valence-electron chi connectivity index (χ0n) is 7.68. The topological polar surface area (TPSA) is 52.1 Å². The zero-order chi connectivity index (χ0) is 11.5. The molecule has 0 amide bonds. The van der Waals surface area contributed by atoms with E-state index in [0.29, 0.717) is 10.8 Å². The standard InChI is InChI=1S/C9H4Cl2N2O2S/c10-5-2-1-3-6(4-5)15-9-7(14)8(11)12-16-13-9/h1-4H. The summed E-state index contributed by atoms with van der Waals surface area (Å²) in [6.07, 6.45) is 0. The molecule has 0 unspecified atom stereocenters. The minimum Gasteiger partial charge on any atom is -0.435 e. The summed E-state index contributed by atoms with van der Waals surface area (Å²) in [5.74, 6) is 0.318. The molecule has 0 saturated heterocycles. The van der Waals surface area contributed by atoms with Gasteiger partial charge in [-0.25, -0.2) is 0 Å². The highest BCUT2D eigenvalue weighted by molar-refractivity contribution is 6.99. The second-order valence-electron chi connectivity index (χ2n) is 2.75. The van der Waals surface area contributed by atoms with E-state index in [0.717, 1.165) is 11.7 Å². The molecule has 0 spiro atoms. The normalized spacial score (nSPS) is 10.1. The van der Waals surface area contributed by atoms with E-state index in [9.17, 15) is 4.79 Å². The molecule has 2 aromatic rings. The minimum absolute atomic E-state index is 0.104. The number of benzene rings is 1. The zero-order valence-corrected chi connectivity index (χ0v) is 10.0. The predicted molar refractivity (Wildman–Crippen MR) is 62.7 cm³/mol. The summed E-state index contributed by atoms with van der Waals surface area (Å²) in [5, 5.41) is 0.353. The van der Waals surface area contributed by atoms with Gasteiger partial charge >= 0.3 is 0 Å². The van der Waals surface area contributed by atoms with Crippen molar-refractivity contribution in [1.82, 2.24) is 8.75 Å². The van der Waals surface area contributed by atoms with Gasteiger partial charge in [0.25, 0.3) is 11.3 Å². The second kappa shape index (κ2) is 4.78. The smallest absolute Gasteiger partial charge is 0.283 e. The SMILES string of the molecule is O=c1c(Cl)nsnc1Oc1cccc(Cl)c1. The highest BCUT2D eigenvalue weighted by Crippen LogP contribution is 2.21. The molecule has 0 atom stereocenters. The number of aromatic nitrogens is 2. The molecular weight excluding hydrogens is 271 g/mol. The van der Waals surface area contributed by atoms with E-state index >= 15 is 0 Å². The molecular formula is C9H4Cl2N2O2S. The molecule has 0 aliphatic rings. The van der Waals surface area contributed by atoms with Crippen LogP contribution in [0.2, 0.25) is 10.2 Å². The van der Waals surface area contributed by atoms with Crippen molar-refractivity contribution in [3.05, 3.63) is 44.7 Å². The van der Waals surface area contributed by atoms with E-state index in [2.05, 4.69) is 8.75 Å². The van der Waals surface area contributed by atoms with E-state index in [4.69, 9.17) is 27.9 Å². The van der Waals surface area contributed by atoms with Gasteiger partial charge in [-0.3, -0.25) is 4.79 Å². The maximum atomic E-state index is 11.4. The molecule has 1 aromatic heterocycles. The lowest BCUT2D eigenvalue weighted by Crippen LogP contribution is -2.07. The number of ether oxygens (including phenoxy) is 1. The Kier molecular flexibility index (Phi) is 3.38. The van der Waals surface area contributed by atoms with Crippen molar-refractivity contribution in [2.45, 2.75) is 0 Å². The van der Waals surface area contributed by atoms with Crippen LogP contribution in [0.15, 0.2) is 29.1 Å². The molecule has 2 rings (SSSR count). The molecule has 82 valence electrons. The third kappa shape index (κ3) is 2.49. The summed E-state index contributed by atoms with van der Waals surface area (Å²) in [6.45, 7) is 0. The summed E-state index contributed by atoms with van der Waals surface area (Å²) in [4.78, 5) is 11.4. The van der Waals surface area contributed by atoms with Crippen molar-refractivity contribution in [3.8, 4) is 11.6 Å². The van der Waals surface area contributed by atoms with Crippen molar-refractivity contribution in [3.63, 3.8) is 0 Å². The van der Waals surface area contributed by atoms with Crippen LogP contribution in [0.3, 0.4) is 0 Å². The van der Waals surface area contributed by atoms with Crippen molar-refractivity contribution in [1.29, 1.82) is 0 Å². The summed E-state index contributed by atoms with van der Waals surface area (Å²) in [5.41, 5.74) is -0.541. The largest absolute Gasteiger partial charge is 0.435 e. The quantitative estimate of drug-likeness (QED) is 0.845. The maximum absolute atomic E-state index is 11.4. The van der Waals surface area contributed by atoms with Crippen LogP contribution in [0.25, 0.3) is 0 Å². The maximum Gasteiger partial charge on any atom is 0.283 e. The molecule has 16 heavy (non-hydrogen) atoms. The average Bonchev–Trinajstić information content (AvgIpc) is 2.25. The van der Waals surface area contributed by atoms with Gasteiger partial charge in [-0.05, 0) is 18.2 Å². The Hall–Kier alpha value is -1.17. The van der Waals surface area contributed by atoms with Crippen molar-refractivity contribution in [2.75, 3.05) is 0 Å². The highest BCUT2D eigenvalue weighted by atomic mass is 35.5. The Morgan fingerprint density at radius 2 is 2.06 bits per heavy atom. The van der Waals surface area contributed by atoms with Gasteiger partial charge in [0.05, 0.1) is 11.7 Å². The van der Waals surface area contributed by atoms with Gasteiger partial charge in [0.1, 0.15) is 5.75 Å². The second-order valence-corrected chi connectivity index (χ2v) is 4.07. The number of nitrogens with zero attached hydrogens (tertiary/aromatic N) is 2. The minimum atomic E-state index is -0.541. The first-order valence-electron chi connectivity index (χ1n) is 4.12. The van der Waals surface area contributed by atoms with Gasteiger partial charge < -0.3 is 4.74 Å². The summed E-state index contributed by atoms with van der Waals surface area (Å²) >= 11 is 12.1. The number of hydrogen-bond donors (Lipinski definition) is 0. The first-order chi connectivity index (χ1) is 7.66. The molecule has 0 saturated carbocycles. The van der Waals surface area contributed by atoms with Gasteiger partial charge in [-0.2, -0.15) is 4.37 Å². The molecule has 1 aromatic carbocycles. The van der Waals surface area contributed by atoms with E-state index in [1.807, 2.05) is 0 Å². The fraction of sp³-hybridized carbons (Fsp3) is 0. The van der Waals surface area contributed by atoms with Gasteiger partial charge in [-0.1, -0.05) is 29.3 Å². The fourth-order valence-corrected chi connectivity index (χ4v) is 1.72. The van der Waals surface area contributed by atoms with Crippen LogP contribution in [0.5, 0.6) is 11.6 Å². The van der Waals surface area contributed by atoms with Crippen LogP contribution in [-0.2, 0) is 0 Å². The van der Waals surface area contributed by atoms with E-state index in [1.165, 1.54) is 0 Å². The van der Waals surface area contributed by atoms with Gasteiger partial charge in [0, 0.05) is 5.02 Å². The first kappa shape index (κ1) is 11.3. The lowest BCUT2D eigenvalue weighted by molar-refractivity contribution is 0.462. The van der Waals surface area contributed by atoms with Crippen LogP contribution >= 0.6 is 34.9 Å². The van der Waals surface area contributed by atoms with Crippen molar-refractivity contribution >= 4 is 34.9 Å². The average molecular weight is 275 g/mol. The number of halogens is 2. The molecule has 0 N–H and O–H groups in total. The van der Waals surface area contributed by atoms with E-state index < -0.39 is 5.43 Å². The lowest BCUT2D eigenvalue weighted by atomic mass is 10.3. The molecule has 4 nitrogen and oxygen atoms in total. The molecule has 0 aliphatic heterocycles. The molecule has 0 fully saturated rings. The summed E-state index contributed by atoms with van der Waals surface area (Å²) in [7, 11) is 0. The van der Waals surface area contributed by atoms with Crippen LogP contribution in [0.4, 0.5) is 0 Å².